The molecule has 166 valence electrons. The minimum absolute atomic E-state index is 0.0742. The molecular weight excluding hydrogens is 415 g/mol. The average molecular weight is 441 g/mol. The van der Waals surface area contributed by atoms with Crippen molar-refractivity contribution in [2.45, 2.75) is 26.7 Å². The van der Waals surface area contributed by atoms with E-state index in [9.17, 15) is 4.79 Å². The maximum atomic E-state index is 15.2. The fraction of sp³-hybridized carbons (Fsp3) is 0.222. The first-order chi connectivity index (χ1) is 15.8. The maximum Gasteiger partial charge on any atom is 0.253 e. The van der Waals surface area contributed by atoms with E-state index in [1.165, 1.54) is 4.90 Å². The summed E-state index contributed by atoms with van der Waals surface area (Å²) in [4.78, 5) is 17.4. The Morgan fingerprint density at radius 2 is 1.88 bits per heavy atom. The molecule has 0 spiro atoms. The molecule has 33 heavy (non-hydrogen) atoms. The first kappa shape index (κ1) is 22.2. The molecule has 1 aromatic heterocycles. The molecule has 1 heterocycles. The van der Waals surface area contributed by atoms with E-state index >= 15 is 4.39 Å². The number of amides is 1. The van der Waals surface area contributed by atoms with E-state index in [0.29, 0.717) is 33.6 Å². The van der Waals surface area contributed by atoms with Crippen molar-refractivity contribution in [2.24, 2.45) is 0 Å². The summed E-state index contributed by atoms with van der Waals surface area (Å²) in [6.45, 7) is 11.6. The number of aromatic nitrogens is 2. The van der Waals surface area contributed by atoms with Crippen LogP contribution in [-0.2, 0) is 6.42 Å². The zero-order valence-corrected chi connectivity index (χ0v) is 19.2. The van der Waals surface area contributed by atoms with Crippen LogP contribution in [0.3, 0.4) is 0 Å². The molecule has 0 bridgehead atoms. The molecule has 0 unspecified atom stereocenters. The van der Waals surface area contributed by atoms with Gasteiger partial charge >= 0.3 is 0 Å². The number of nitrogens with zero attached hydrogens (tertiary/aromatic N) is 3. The van der Waals surface area contributed by atoms with Gasteiger partial charge in [0.05, 0.1) is 17.8 Å². The highest BCUT2D eigenvalue weighted by molar-refractivity contribution is 6.01. The quantitative estimate of drug-likeness (QED) is 0.358. The fourth-order valence-electron chi connectivity index (χ4n) is 4.18. The van der Waals surface area contributed by atoms with Gasteiger partial charge in [0.15, 0.2) is 5.69 Å². The lowest BCUT2D eigenvalue weighted by atomic mass is 9.93. The van der Waals surface area contributed by atoms with Crippen LogP contribution in [0.4, 0.5) is 10.1 Å². The highest BCUT2D eigenvalue weighted by atomic mass is 19.1. The van der Waals surface area contributed by atoms with Gasteiger partial charge in [-0.3, -0.25) is 9.89 Å². The molecular formula is C27H25FN4O. The Morgan fingerprint density at radius 1 is 1.15 bits per heavy atom. The van der Waals surface area contributed by atoms with Gasteiger partial charge in [-0.1, -0.05) is 37.6 Å². The summed E-state index contributed by atoms with van der Waals surface area (Å²) in [5, 5.41) is 8.23. The predicted octanol–water partition coefficient (Wildman–Crippen LogP) is 6.55. The molecule has 5 nitrogen and oxygen atoms in total. The van der Waals surface area contributed by atoms with Crippen molar-refractivity contribution in [2.75, 3.05) is 14.1 Å². The Morgan fingerprint density at radius 3 is 2.48 bits per heavy atom. The molecule has 0 saturated heterocycles. The third kappa shape index (κ3) is 4.10. The molecule has 0 radical (unpaired) electrons. The number of aromatic amines is 1. The molecule has 1 N–H and O–H groups in total. The first-order valence-electron chi connectivity index (χ1n) is 10.8. The summed E-state index contributed by atoms with van der Waals surface area (Å²) in [5.74, 6) is -0.394. The van der Waals surface area contributed by atoms with Gasteiger partial charge < -0.3 is 4.90 Å². The van der Waals surface area contributed by atoms with Gasteiger partial charge in [0, 0.05) is 36.2 Å². The number of carbonyl (C=O) groups is 1. The fourth-order valence-corrected chi connectivity index (χ4v) is 4.18. The third-order valence-corrected chi connectivity index (χ3v) is 5.77. The summed E-state index contributed by atoms with van der Waals surface area (Å²) >= 11 is 0. The number of aryl methyl sites for hydroxylation is 2. The van der Waals surface area contributed by atoms with Crippen molar-refractivity contribution in [3.05, 3.63) is 82.5 Å². The number of rotatable bonds is 5. The van der Waals surface area contributed by atoms with Crippen LogP contribution >= 0.6 is 0 Å². The lowest BCUT2D eigenvalue weighted by Crippen LogP contribution is -2.21. The van der Waals surface area contributed by atoms with E-state index in [2.05, 4.69) is 22.0 Å². The molecule has 6 heteroatoms. The number of hydrogen-bond donors (Lipinski definition) is 1. The lowest BCUT2D eigenvalue weighted by Gasteiger charge is -2.13. The summed E-state index contributed by atoms with van der Waals surface area (Å²) in [7, 11) is 3.42. The molecule has 0 aliphatic rings. The van der Waals surface area contributed by atoms with E-state index in [0.717, 1.165) is 34.9 Å². The number of nitrogens with one attached hydrogen (secondary N) is 1. The van der Waals surface area contributed by atoms with Crippen LogP contribution in [0.25, 0.3) is 38.1 Å². The second kappa shape index (κ2) is 8.87. The van der Waals surface area contributed by atoms with Crippen LogP contribution < -0.4 is 0 Å². The topological polar surface area (TPSA) is 53.4 Å². The predicted molar refractivity (Wildman–Crippen MR) is 130 cm³/mol. The van der Waals surface area contributed by atoms with Crippen LogP contribution in [-0.4, -0.2) is 35.1 Å². The number of carbonyl (C=O) groups excluding carboxylic acids is 1. The van der Waals surface area contributed by atoms with E-state index in [1.54, 1.807) is 38.4 Å². The molecule has 0 aliphatic carbocycles. The Kier molecular flexibility index (Phi) is 5.97. The summed E-state index contributed by atoms with van der Waals surface area (Å²) < 4.78 is 15.2. The number of H-pyrrole nitrogens is 1. The summed E-state index contributed by atoms with van der Waals surface area (Å²) in [5.41, 5.74) is 5.94. The maximum absolute atomic E-state index is 15.2. The molecule has 0 aliphatic heterocycles. The van der Waals surface area contributed by atoms with Gasteiger partial charge in [0.1, 0.15) is 5.82 Å². The minimum atomic E-state index is -0.320. The number of benzene rings is 3. The molecule has 0 atom stereocenters. The van der Waals surface area contributed by atoms with Crippen LogP contribution in [0, 0.1) is 19.3 Å². The van der Waals surface area contributed by atoms with Gasteiger partial charge in [-0.15, -0.1) is 0 Å². The molecule has 4 aromatic rings. The molecule has 3 aromatic carbocycles. The average Bonchev–Trinajstić information content (AvgIpc) is 3.20. The number of halogens is 1. The van der Waals surface area contributed by atoms with Crippen LogP contribution in [0.5, 0.6) is 0 Å². The number of fused-ring (bicyclic) bond motifs is 1. The van der Waals surface area contributed by atoms with E-state index < -0.39 is 0 Å². The van der Waals surface area contributed by atoms with Crippen molar-refractivity contribution < 1.29 is 9.18 Å². The lowest BCUT2D eigenvalue weighted by molar-refractivity contribution is 0.0827. The molecule has 1 amide bonds. The summed E-state index contributed by atoms with van der Waals surface area (Å²) in [6, 6.07) is 14.4. The monoisotopic (exact) mass is 440 g/mol. The van der Waals surface area contributed by atoms with Gasteiger partial charge in [-0.05, 0) is 54.3 Å². The van der Waals surface area contributed by atoms with Crippen molar-refractivity contribution in [1.29, 1.82) is 0 Å². The van der Waals surface area contributed by atoms with E-state index in [-0.39, 0.29) is 11.7 Å². The molecule has 4 rings (SSSR count). The highest BCUT2D eigenvalue weighted by Gasteiger charge is 2.18. The number of hydrogen-bond acceptors (Lipinski definition) is 2. The Labute approximate surface area is 192 Å². The van der Waals surface area contributed by atoms with Crippen molar-refractivity contribution in [3.63, 3.8) is 0 Å². The van der Waals surface area contributed by atoms with Crippen molar-refractivity contribution in [1.82, 2.24) is 15.1 Å². The largest absolute Gasteiger partial charge is 0.345 e. The zero-order chi connectivity index (χ0) is 23.7. The Hall–Kier alpha value is -3.98. The minimum Gasteiger partial charge on any atom is -0.345 e. The van der Waals surface area contributed by atoms with Gasteiger partial charge in [0.2, 0.25) is 0 Å². The van der Waals surface area contributed by atoms with Crippen LogP contribution in [0.2, 0.25) is 0 Å². The molecule has 0 fully saturated rings. The first-order valence-corrected chi connectivity index (χ1v) is 10.8. The van der Waals surface area contributed by atoms with Crippen LogP contribution in [0.1, 0.15) is 34.8 Å². The highest BCUT2D eigenvalue weighted by Crippen LogP contribution is 2.40. The summed E-state index contributed by atoms with van der Waals surface area (Å²) in [6.07, 6.45) is 1.75. The van der Waals surface area contributed by atoms with Gasteiger partial charge in [-0.25, -0.2) is 9.24 Å². The van der Waals surface area contributed by atoms with Crippen molar-refractivity contribution in [3.8, 4) is 22.4 Å². The van der Waals surface area contributed by atoms with E-state index in [1.807, 2.05) is 31.2 Å². The SMILES string of the molecule is [C-]#[N+]c1cc2[nH]nc(-c3ccc(C(=O)N(C)C)cc3)c2cc1-c1c(C)cc(CCC)cc1F. The van der Waals surface area contributed by atoms with Gasteiger partial charge in [0.25, 0.3) is 5.91 Å². The Bertz CT molecular complexity index is 1370. The second-order valence-electron chi connectivity index (χ2n) is 8.40. The van der Waals surface area contributed by atoms with E-state index in [4.69, 9.17) is 6.57 Å². The van der Waals surface area contributed by atoms with Crippen LogP contribution in [0.15, 0.2) is 48.5 Å². The Balaban J connectivity index is 1.85. The normalized spacial score (nSPS) is 10.9. The smallest absolute Gasteiger partial charge is 0.253 e. The zero-order valence-electron chi connectivity index (χ0n) is 19.2. The third-order valence-electron chi connectivity index (χ3n) is 5.77. The molecule has 0 saturated carbocycles. The standard InChI is InChI=1S/C27H25FN4O/c1-6-7-17-12-16(2)25(22(28)13-17)20-14-21-24(15-23(20)29-3)30-31-26(21)18-8-10-19(11-9-18)27(33)32(4)5/h8-15H,6-7H2,1-2,4-5H3,(H,30,31). The second-order valence-corrected chi connectivity index (χ2v) is 8.40. The van der Waals surface area contributed by atoms with Gasteiger partial charge in [-0.2, -0.15) is 5.10 Å². The van der Waals surface area contributed by atoms with Crippen molar-refractivity contribution >= 4 is 22.5 Å².